The Bertz CT molecular complexity index is 2320. The van der Waals surface area contributed by atoms with Gasteiger partial charge in [-0.2, -0.15) is 0 Å². The minimum Gasteiger partial charge on any atom is -0.443 e. The highest BCUT2D eigenvalue weighted by molar-refractivity contribution is 6.00. The van der Waals surface area contributed by atoms with Crippen LogP contribution in [-0.2, 0) is 5.41 Å². The summed E-state index contributed by atoms with van der Waals surface area (Å²) < 4.78 is 6.13. The number of fused-ring (bicyclic) bond motifs is 1. The van der Waals surface area contributed by atoms with E-state index >= 15 is 0 Å². The predicted octanol–water partition coefficient (Wildman–Crippen LogP) is 9.57. The summed E-state index contributed by atoms with van der Waals surface area (Å²) in [5.41, 5.74) is 13.2. The molecule has 0 amide bonds. The van der Waals surface area contributed by atoms with E-state index in [4.69, 9.17) is 19.4 Å². The SMILES string of the molecule is c1ccc(-c2cc(-c3cccc(-c4ccc(-c5cccc(C67C8C9C%10C8C6C%10C97)c5)c5ncoc45)c3)nc(-c3ccccc3)n2)cc1. The Hall–Kier alpha value is -5.35. The average molecular weight is 604 g/mol. The first-order chi connectivity index (χ1) is 23.3. The molecule has 4 nitrogen and oxygen atoms in total. The van der Waals surface area contributed by atoms with E-state index in [1.165, 1.54) is 5.56 Å². The zero-order valence-corrected chi connectivity index (χ0v) is 25.5. The van der Waals surface area contributed by atoms with E-state index in [0.717, 1.165) is 97.3 Å². The first-order valence-electron chi connectivity index (χ1n) is 16.9. The molecule has 0 N–H and O–H groups in total. The fourth-order valence-electron chi connectivity index (χ4n) is 11.3. The van der Waals surface area contributed by atoms with Crippen molar-refractivity contribution in [2.75, 3.05) is 0 Å². The maximum atomic E-state index is 6.13. The molecular weight excluding hydrogens is 574 g/mol. The standard InChI is InChI=1S/C43H29N3O/c1-3-9-23(10-4-1)31-21-32(46-42(45-31)24-11-5-2-6-12-24)27-15-7-13-25(19-27)30-18-17-29(40-41(30)47-22-44-40)26-14-8-16-28(20-26)43-37-34-33-35(37)39(43)36(33)38(34)43/h1-22,33-39H. The Morgan fingerprint density at radius 1 is 0.489 bits per heavy atom. The van der Waals surface area contributed by atoms with Gasteiger partial charge in [0.1, 0.15) is 5.52 Å². The van der Waals surface area contributed by atoms with Crippen molar-refractivity contribution in [1.29, 1.82) is 0 Å². The third-order valence-electron chi connectivity index (χ3n) is 12.9. The highest BCUT2D eigenvalue weighted by Crippen LogP contribution is 3.05. The predicted molar refractivity (Wildman–Crippen MR) is 183 cm³/mol. The van der Waals surface area contributed by atoms with Gasteiger partial charge in [0, 0.05) is 33.2 Å². The monoisotopic (exact) mass is 603 g/mol. The Balaban J connectivity index is 0.938. The summed E-state index contributed by atoms with van der Waals surface area (Å²) in [6.07, 6.45) is 1.59. The van der Waals surface area contributed by atoms with Crippen molar-refractivity contribution in [1.82, 2.24) is 15.0 Å². The first-order valence-corrected chi connectivity index (χ1v) is 16.9. The van der Waals surface area contributed by atoms with E-state index < -0.39 is 0 Å². The lowest BCUT2D eigenvalue weighted by Crippen LogP contribution is -3.06. The number of oxazole rings is 1. The molecule has 7 aromatic rings. The minimum atomic E-state index is 0.524. The molecule has 0 spiro atoms. The van der Waals surface area contributed by atoms with Crippen molar-refractivity contribution in [3.05, 3.63) is 139 Å². The number of aromatic nitrogens is 3. The molecule has 222 valence electrons. The number of rotatable bonds is 6. The summed E-state index contributed by atoms with van der Waals surface area (Å²) in [4.78, 5) is 14.8. The van der Waals surface area contributed by atoms with Crippen LogP contribution < -0.4 is 0 Å². The normalized spacial score (nSPS) is 29.6. The summed E-state index contributed by atoms with van der Waals surface area (Å²) >= 11 is 0. The first kappa shape index (κ1) is 24.8. The van der Waals surface area contributed by atoms with E-state index in [1.807, 2.05) is 36.4 Å². The molecule has 0 saturated heterocycles. The van der Waals surface area contributed by atoms with Crippen LogP contribution in [0.3, 0.4) is 0 Å². The smallest absolute Gasteiger partial charge is 0.182 e. The molecule has 13 rings (SSSR count). The van der Waals surface area contributed by atoms with Crippen LogP contribution in [0.25, 0.3) is 67.3 Å². The molecule has 0 aliphatic heterocycles. The van der Waals surface area contributed by atoms with Crippen molar-refractivity contribution in [3.8, 4) is 56.2 Å². The van der Waals surface area contributed by atoms with Crippen molar-refractivity contribution in [2.45, 2.75) is 5.41 Å². The quantitative estimate of drug-likeness (QED) is 0.190. The summed E-state index contributed by atoms with van der Waals surface area (Å²) in [6.45, 7) is 0. The van der Waals surface area contributed by atoms with Crippen LogP contribution in [0.5, 0.6) is 0 Å². The topological polar surface area (TPSA) is 51.8 Å². The van der Waals surface area contributed by atoms with Gasteiger partial charge in [-0.15, -0.1) is 0 Å². The van der Waals surface area contributed by atoms with Crippen molar-refractivity contribution < 1.29 is 4.42 Å². The molecule has 6 fully saturated rings. The number of hydrogen-bond donors (Lipinski definition) is 0. The van der Waals surface area contributed by atoms with Crippen LogP contribution in [-0.4, -0.2) is 15.0 Å². The number of nitrogens with zero attached hydrogens (tertiary/aromatic N) is 3. The van der Waals surface area contributed by atoms with Gasteiger partial charge in [-0.3, -0.25) is 0 Å². The number of benzene rings is 5. The maximum absolute atomic E-state index is 6.13. The van der Waals surface area contributed by atoms with E-state index in [-0.39, 0.29) is 0 Å². The number of hydrogen-bond acceptors (Lipinski definition) is 4. The van der Waals surface area contributed by atoms with Crippen LogP contribution in [0.4, 0.5) is 0 Å². The molecule has 2 aromatic heterocycles. The van der Waals surface area contributed by atoms with Gasteiger partial charge in [0.05, 0.1) is 11.4 Å². The van der Waals surface area contributed by atoms with Gasteiger partial charge >= 0.3 is 0 Å². The van der Waals surface area contributed by atoms with Gasteiger partial charge in [-0.05, 0) is 76.3 Å². The van der Waals surface area contributed by atoms with Gasteiger partial charge in [-0.1, -0.05) is 109 Å². The second kappa shape index (κ2) is 8.51. The zero-order valence-electron chi connectivity index (χ0n) is 25.5. The molecule has 0 bridgehead atoms. The highest BCUT2D eigenvalue weighted by Gasteiger charge is 3.04. The van der Waals surface area contributed by atoms with Gasteiger partial charge in [0.15, 0.2) is 17.8 Å². The van der Waals surface area contributed by atoms with Crippen LogP contribution in [0, 0.1) is 41.4 Å². The largest absolute Gasteiger partial charge is 0.443 e. The van der Waals surface area contributed by atoms with E-state index in [2.05, 4.69) is 91.0 Å². The van der Waals surface area contributed by atoms with Crippen molar-refractivity contribution >= 4 is 11.1 Å². The van der Waals surface area contributed by atoms with Crippen molar-refractivity contribution in [3.63, 3.8) is 0 Å². The second-order valence-corrected chi connectivity index (χ2v) is 14.4. The molecule has 0 atom stereocenters. The van der Waals surface area contributed by atoms with Gasteiger partial charge in [-0.25, -0.2) is 15.0 Å². The fourth-order valence-corrected chi connectivity index (χ4v) is 11.3. The molecule has 6 aliphatic carbocycles. The lowest BCUT2D eigenvalue weighted by atomic mass is 8.96. The zero-order chi connectivity index (χ0) is 30.4. The lowest BCUT2D eigenvalue weighted by molar-refractivity contribution is -0.581. The van der Waals surface area contributed by atoms with Crippen LogP contribution >= 0.6 is 0 Å². The average Bonchev–Trinajstić information content (AvgIpc) is 3.66. The molecule has 0 radical (unpaired) electrons. The van der Waals surface area contributed by atoms with Crippen LogP contribution in [0.15, 0.2) is 138 Å². The van der Waals surface area contributed by atoms with Crippen LogP contribution in [0.2, 0.25) is 0 Å². The summed E-state index contributed by atoms with van der Waals surface area (Å²) in [6, 6.07) is 45.0. The Kier molecular flexibility index (Phi) is 4.50. The summed E-state index contributed by atoms with van der Waals surface area (Å²) in [5, 5.41) is 0. The second-order valence-electron chi connectivity index (χ2n) is 14.4. The molecule has 2 heterocycles. The van der Waals surface area contributed by atoms with E-state index in [1.54, 1.807) is 12.0 Å². The minimum absolute atomic E-state index is 0.524. The lowest BCUT2D eigenvalue weighted by Gasteiger charge is -3.08. The third kappa shape index (κ3) is 2.86. The molecule has 47 heavy (non-hydrogen) atoms. The molecule has 6 aliphatic rings. The van der Waals surface area contributed by atoms with Crippen LogP contribution in [0.1, 0.15) is 5.56 Å². The Labute approximate surface area is 272 Å². The fraction of sp³-hybridized carbons (Fsp3) is 0.186. The molecule has 5 aromatic carbocycles. The van der Waals surface area contributed by atoms with E-state index in [9.17, 15) is 0 Å². The van der Waals surface area contributed by atoms with Gasteiger partial charge in [0.25, 0.3) is 0 Å². The highest BCUT2D eigenvalue weighted by atomic mass is 16.3. The molecule has 4 heteroatoms. The third-order valence-corrected chi connectivity index (χ3v) is 12.9. The van der Waals surface area contributed by atoms with Gasteiger partial charge < -0.3 is 4.42 Å². The molecule has 0 unspecified atom stereocenters. The summed E-state index contributed by atoms with van der Waals surface area (Å²) in [7, 11) is 0. The Morgan fingerprint density at radius 3 is 1.83 bits per heavy atom. The van der Waals surface area contributed by atoms with Gasteiger partial charge in [0.2, 0.25) is 0 Å². The Morgan fingerprint density at radius 2 is 1.09 bits per heavy atom. The van der Waals surface area contributed by atoms with Crippen molar-refractivity contribution in [2.24, 2.45) is 41.4 Å². The maximum Gasteiger partial charge on any atom is 0.182 e. The molecule has 6 saturated carbocycles. The summed E-state index contributed by atoms with van der Waals surface area (Å²) in [5.74, 6) is 8.05. The molecular formula is C43H29N3O. The van der Waals surface area contributed by atoms with E-state index in [0.29, 0.717) is 11.2 Å².